The van der Waals surface area contributed by atoms with Crippen LogP contribution in [0.2, 0.25) is 0 Å². The molecular weight excluding hydrogens is 208 g/mol. The highest BCUT2D eigenvalue weighted by Crippen LogP contribution is 2.42. The van der Waals surface area contributed by atoms with Crippen molar-refractivity contribution in [2.24, 2.45) is 0 Å². The summed E-state index contributed by atoms with van der Waals surface area (Å²) >= 11 is 0. The number of rotatable bonds is 2. The third kappa shape index (κ3) is 1.42. The fourth-order valence-electron chi connectivity index (χ4n) is 2.80. The van der Waals surface area contributed by atoms with Gasteiger partial charge in [0.15, 0.2) is 0 Å². The van der Waals surface area contributed by atoms with Crippen molar-refractivity contribution in [2.45, 2.75) is 18.3 Å². The fraction of sp³-hybridized carbons (Fsp3) is 0.188. The smallest absolute Gasteiger partial charge is 0.214 e. The number of carbonyl (C=O) groups excluding carboxylic acids is 1. The van der Waals surface area contributed by atoms with Gasteiger partial charge in [0.1, 0.15) is 0 Å². The average molecular weight is 221 g/mol. The molecule has 1 unspecified atom stereocenters. The Hall–Kier alpha value is -1.89. The summed E-state index contributed by atoms with van der Waals surface area (Å²) in [5.74, 6) is 0. The molecule has 0 heterocycles. The average Bonchev–Trinajstić information content (AvgIpc) is 2.80. The first-order valence-electron chi connectivity index (χ1n) is 5.90. The van der Waals surface area contributed by atoms with Crippen LogP contribution in [0.15, 0.2) is 54.6 Å². The molecule has 0 amide bonds. The first kappa shape index (κ1) is 10.3. The van der Waals surface area contributed by atoms with Crippen molar-refractivity contribution in [1.82, 2.24) is 0 Å². The first-order chi connectivity index (χ1) is 8.37. The Morgan fingerprint density at radius 3 is 2.41 bits per heavy atom. The normalized spacial score (nSPS) is 22.1. The van der Waals surface area contributed by atoms with Crippen LogP contribution in [0, 0.1) is 0 Å². The summed E-state index contributed by atoms with van der Waals surface area (Å²) in [5, 5.41) is 0. The molecule has 0 saturated carbocycles. The largest absolute Gasteiger partial charge is 0.289 e. The van der Waals surface area contributed by atoms with Gasteiger partial charge in [-0.3, -0.25) is 4.79 Å². The maximum Gasteiger partial charge on any atom is 0.214 e. The molecule has 1 heteroatoms. The number of hydrogen-bond acceptors (Lipinski definition) is 1. The number of hydrogen-bond donors (Lipinski definition) is 0. The van der Waals surface area contributed by atoms with E-state index in [9.17, 15) is 4.79 Å². The van der Waals surface area contributed by atoms with Crippen LogP contribution in [-0.2, 0) is 16.6 Å². The summed E-state index contributed by atoms with van der Waals surface area (Å²) < 4.78 is 0. The molecule has 3 rings (SSSR count). The summed E-state index contributed by atoms with van der Waals surface area (Å²) in [4.78, 5) is 11.6. The van der Waals surface area contributed by atoms with Crippen LogP contribution in [-0.4, -0.2) is 6.29 Å². The molecule has 17 heavy (non-hydrogen) atoms. The molecule has 0 fully saturated rings. The Labute approximate surface area is 101 Å². The van der Waals surface area contributed by atoms with Crippen molar-refractivity contribution >= 4 is 6.29 Å². The SMILES string of the molecule is O=[C]C1(c2ccccc2)CCc2ccccc21. The molecule has 0 saturated heterocycles. The second-order valence-electron chi connectivity index (χ2n) is 4.53. The molecule has 0 aromatic heterocycles. The standard InChI is InChI=1S/C16H13O/c17-12-16(14-7-2-1-3-8-14)11-10-13-6-4-5-9-15(13)16/h1-9H,10-11H2. The van der Waals surface area contributed by atoms with Crippen LogP contribution >= 0.6 is 0 Å². The molecule has 1 aliphatic carbocycles. The topological polar surface area (TPSA) is 17.1 Å². The molecule has 0 bridgehead atoms. The third-order valence-electron chi connectivity index (χ3n) is 3.69. The molecular formula is C16H13O. The van der Waals surface area contributed by atoms with E-state index in [-0.39, 0.29) is 0 Å². The molecule has 0 spiro atoms. The minimum atomic E-state index is -0.544. The van der Waals surface area contributed by atoms with Gasteiger partial charge in [-0.1, -0.05) is 54.6 Å². The van der Waals surface area contributed by atoms with Crippen molar-refractivity contribution < 1.29 is 4.79 Å². The van der Waals surface area contributed by atoms with E-state index in [1.54, 1.807) is 0 Å². The summed E-state index contributed by atoms with van der Waals surface area (Å²) in [6.07, 6.45) is 4.09. The molecule has 1 radical (unpaired) electrons. The number of benzene rings is 2. The van der Waals surface area contributed by atoms with E-state index >= 15 is 0 Å². The van der Waals surface area contributed by atoms with Gasteiger partial charge in [0.2, 0.25) is 6.29 Å². The lowest BCUT2D eigenvalue weighted by molar-refractivity contribution is 0.513. The zero-order valence-corrected chi connectivity index (χ0v) is 9.52. The summed E-state index contributed by atoms with van der Waals surface area (Å²) in [7, 11) is 0. The Bertz CT molecular complexity index is 544. The highest BCUT2D eigenvalue weighted by atomic mass is 16.1. The van der Waals surface area contributed by atoms with Gasteiger partial charge in [0.25, 0.3) is 0 Å². The van der Waals surface area contributed by atoms with Gasteiger partial charge in [-0.25, -0.2) is 0 Å². The van der Waals surface area contributed by atoms with Crippen LogP contribution < -0.4 is 0 Å². The molecule has 1 aliphatic rings. The van der Waals surface area contributed by atoms with Gasteiger partial charge >= 0.3 is 0 Å². The van der Waals surface area contributed by atoms with Crippen LogP contribution in [0.4, 0.5) is 0 Å². The van der Waals surface area contributed by atoms with Crippen LogP contribution in [0.25, 0.3) is 0 Å². The predicted octanol–water partition coefficient (Wildman–Crippen LogP) is 3.03. The van der Waals surface area contributed by atoms with Crippen LogP contribution in [0.3, 0.4) is 0 Å². The molecule has 83 valence electrons. The monoisotopic (exact) mass is 221 g/mol. The van der Waals surface area contributed by atoms with Crippen LogP contribution in [0.5, 0.6) is 0 Å². The lowest BCUT2D eigenvalue weighted by Crippen LogP contribution is -2.26. The van der Waals surface area contributed by atoms with Crippen molar-refractivity contribution in [3.05, 3.63) is 71.3 Å². The van der Waals surface area contributed by atoms with E-state index in [1.807, 2.05) is 42.5 Å². The highest BCUT2D eigenvalue weighted by molar-refractivity contribution is 5.78. The zero-order chi connectivity index (χ0) is 11.7. The van der Waals surface area contributed by atoms with E-state index in [0.717, 1.165) is 24.0 Å². The quantitative estimate of drug-likeness (QED) is 0.761. The van der Waals surface area contributed by atoms with Crippen molar-refractivity contribution in [2.75, 3.05) is 0 Å². The van der Waals surface area contributed by atoms with E-state index in [0.29, 0.717) is 0 Å². The summed E-state index contributed by atoms with van der Waals surface area (Å²) in [5.41, 5.74) is 2.92. The lowest BCUT2D eigenvalue weighted by Gasteiger charge is -2.23. The molecule has 2 aromatic rings. The van der Waals surface area contributed by atoms with Crippen molar-refractivity contribution in [3.8, 4) is 0 Å². The van der Waals surface area contributed by atoms with E-state index in [4.69, 9.17) is 0 Å². The Morgan fingerprint density at radius 2 is 1.65 bits per heavy atom. The predicted molar refractivity (Wildman–Crippen MR) is 67.7 cm³/mol. The minimum absolute atomic E-state index is 0.544. The minimum Gasteiger partial charge on any atom is -0.289 e. The van der Waals surface area contributed by atoms with Gasteiger partial charge in [-0.15, -0.1) is 0 Å². The molecule has 0 N–H and O–H groups in total. The van der Waals surface area contributed by atoms with Crippen LogP contribution in [0.1, 0.15) is 23.1 Å². The van der Waals surface area contributed by atoms with Gasteiger partial charge in [0, 0.05) is 0 Å². The second kappa shape index (κ2) is 3.85. The van der Waals surface area contributed by atoms with Gasteiger partial charge in [-0.2, -0.15) is 0 Å². The fourth-order valence-corrected chi connectivity index (χ4v) is 2.80. The Kier molecular flexibility index (Phi) is 2.32. The van der Waals surface area contributed by atoms with Gasteiger partial charge < -0.3 is 0 Å². The molecule has 0 aliphatic heterocycles. The highest BCUT2D eigenvalue weighted by Gasteiger charge is 2.40. The number of fused-ring (bicyclic) bond motifs is 1. The number of aryl methyl sites for hydroxylation is 1. The molecule has 1 nitrogen and oxygen atoms in total. The van der Waals surface area contributed by atoms with Gasteiger partial charge in [0.05, 0.1) is 5.41 Å². The maximum absolute atomic E-state index is 11.6. The maximum atomic E-state index is 11.6. The lowest BCUT2D eigenvalue weighted by atomic mass is 9.77. The van der Waals surface area contributed by atoms with Crippen molar-refractivity contribution in [1.29, 1.82) is 0 Å². The third-order valence-corrected chi connectivity index (χ3v) is 3.69. The van der Waals surface area contributed by atoms with Crippen molar-refractivity contribution in [3.63, 3.8) is 0 Å². The Morgan fingerprint density at radius 1 is 0.941 bits per heavy atom. The first-order valence-corrected chi connectivity index (χ1v) is 5.90. The molecule has 2 aromatic carbocycles. The Balaban J connectivity index is 2.21. The van der Waals surface area contributed by atoms with E-state index < -0.39 is 5.41 Å². The van der Waals surface area contributed by atoms with Gasteiger partial charge in [-0.05, 0) is 29.5 Å². The van der Waals surface area contributed by atoms with E-state index in [2.05, 4.69) is 18.4 Å². The second-order valence-corrected chi connectivity index (χ2v) is 4.53. The summed E-state index contributed by atoms with van der Waals surface area (Å²) in [6.45, 7) is 0. The summed E-state index contributed by atoms with van der Waals surface area (Å²) in [6, 6.07) is 18.2. The zero-order valence-electron chi connectivity index (χ0n) is 9.52. The molecule has 1 atom stereocenters. The van der Waals surface area contributed by atoms with E-state index in [1.165, 1.54) is 5.56 Å².